The van der Waals surface area contributed by atoms with Crippen LogP contribution in [0, 0.1) is 5.92 Å². The van der Waals surface area contributed by atoms with E-state index in [9.17, 15) is 4.79 Å². The molecule has 0 aliphatic carbocycles. The number of likely N-dealkylation sites (N-methyl/N-ethyl adjacent to an activating group) is 2. The maximum atomic E-state index is 12.2. The molecule has 0 bridgehead atoms. The van der Waals surface area contributed by atoms with Gasteiger partial charge in [-0.1, -0.05) is 18.2 Å². The summed E-state index contributed by atoms with van der Waals surface area (Å²) in [6.45, 7) is 3.85. The van der Waals surface area contributed by atoms with Gasteiger partial charge in [0.25, 0.3) is 0 Å². The summed E-state index contributed by atoms with van der Waals surface area (Å²) < 4.78 is 0. The van der Waals surface area contributed by atoms with Gasteiger partial charge < -0.3 is 15.1 Å². The molecular formula is C18H31Cl2N3O. The molecule has 1 fully saturated rings. The van der Waals surface area contributed by atoms with Crippen LogP contribution in [0.4, 0.5) is 5.69 Å². The van der Waals surface area contributed by atoms with Crippen LogP contribution in [-0.2, 0) is 4.79 Å². The van der Waals surface area contributed by atoms with Gasteiger partial charge in [-0.05, 0) is 50.4 Å². The zero-order valence-corrected chi connectivity index (χ0v) is 16.4. The van der Waals surface area contributed by atoms with E-state index in [4.69, 9.17) is 0 Å². The largest absolute Gasteiger partial charge is 0.373 e. The Bertz CT molecular complexity index is 453. The molecule has 1 amide bonds. The van der Waals surface area contributed by atoms with E-state index in [1.165, 1.54) is 18.5 Å². The van der Waals surface area contributed by atoms with E-state index in [2.05, 4.69) is 29.4 Å². The first kappa shape index (κ1) is 23.0. The highest BCUT2D eigenvalue weighted by Gasteiger charge is 2.16. The second kappa shape index (κ2) is 12.4. The molecule has 6 heteroatoms. The van der Waals surface area contributed by atoms with Crippen molar-refractivity contribution >= 4 is 36.4 Å². The van der Waals surface area contributed by atoms with Gasteiger partial charge in [0.1, 0.15) is 0 Å². The Morgan fingerprint density at radius 3 is 2.33 bits per heavy atom. The Morgan fingerprint density at radius 1 is 1.08 bits per heavy atom. The van der Waals surface area contributed by atoms with Gasteiger partial charge in [0.15, 0.2) is 0 Å². The molecule has 1 aromatic rings. The van der Waals surface area contributed by atoms with E-state index in [1.807, 2.05) is 30.1 Å². The standard InChI is InChI=1S/C18H29N3O.2ClH/c1-20(17-6-4-3-5-7-17)14-15-21(2)18(22)9-8-16-10-12-19-13-11-16;;/h3-7,16,19H,8-15H2,1-2H3;2*1H. The Kier molecular flexibility index (Phi) is 11.9. The monoisotopic (exact) mass is 375 g/mol. The lowest BCUT2D eigenvalue weighted by Crippen LogP contribution is -2.35. The lowest BCUT2D eigenvalue weighted by Gasteiger charge is -2.25. The summed E-state index contributed by atoms with van der Waals surface area (Å²) in [5.41, 5.74) is 1.19. The third-order valence-corrected chi connectivity index (χ3v) is 4.62. The van der Waals surface area contributed by atoms with Crippen LogP contribution < -0.4 is 10.2 Å². The minimum atomic E-state index is 0. The number of nitrogens with zero attached hydrogens (tertiary/aromatic N) is 2. The maximum Gasteiger partial charge on any atom is 0.222 e. The fourth-order valence-electron chi connectivity index (χ4n) is 2.93. The van der Waals surface area contributed by atoms with Crippen molar-refractivity contribution in [3.8, 4) is 0 Å². The number of nitrogens with one attached hydrogen (secondary N) is 1. The fraction of sp³-hybridized carbons (Fsp3) is 0.611. The molecule has 0 saturated carbocycles. The number of para-hydroxylation sites is 1. The Labute approximate surface area is 158 Å². The molecule has 0 unspecified atom stereocenters. The number of hydrogen-bond donors (Lipinski definition) is 1. The van der Waals surface area contributed by atoms with Crippen LogP contribution in [0.5, 0.6) is 0 Å². The predicted octanol–water partition coefficient (Wildman–Crippen LogP) is 3.20. The third kappa shape index (κ3) is 7.73. The summed E-state index contributed by atoms with van der Waals surface area (Å²) in [7, 11) is 3.99. The Morgan fingerprint density at radius 2 is 1.71 bits per heavy atom. The van der Waals surface area contributed by atoms with Crippen molar-refractivity contribution in [3.63, 3.8) is 0 Å². The highest BCUT2D eigenvalue weighted by molar-refractivity contribution is 5.85. The smallest absolute Gasteiger partial charge is 0.222 e. The second-order valence-corrected chi connectivity index (χ2v) is 6.30. The summed E-state index contributed by atoms with van der Waals surface area (Å²) in [5.74, 6) is 1.01. The summed E-state index contributed by atoms with van der Waals surface area (Å²) >= 11 is 0. The van der Waals surface area contributed by atoms with Crippen LogP contribution in [0.3, 0.4) is 0 Å². The first-order chi connectivity index (χ1) is 10.7. The topological polar surface area (TPSA) is 35.6 Å². The van der Waals surface area contributed by atoms with E-state index in [0.29, 0.717) is 6.42 Å². The van der Waals surface area contributed by atoms with Crippen molar-refractivity contribution in [2.24, 2.45) is 5.92 Å². The minimum Gasteiger partial charge on any atom is -0.373 e. The SMILES string of the molecule is CN(CCN(C)c1ccccc1)C(=O)CCC1CCNCC1.Cl.Cl. The number of piperidine rings is 1. The van der Waals surface area contributed by atoms with E-state index in [-0.39, 0.29) is 30.7 Å². The molecule has 138 valence electrons. The molecule has 1 heterocycles. The van der Waals surface area contributed by atoms with E-state index in [1.54, 1.807) is 0 Å². The molecule has 1 aromatic carbocycles. The van der Waals surface area contributed by atoms with Gasteiger partial charge in [-0.2, -0.15) is 0 Å². The van der Waals surface area contributed by atoms with Crippen molar-refractivity contribution in [3.05, 3.63) is 30.3 Å². The number of carbonyl (C=O) groups is 1. The number of rotatable bonds is 7. The van der Waals surface area contributed by atoms with E-state index < -0.39 is 0 Å². The molecule has 0 aromatic heterocycles. The lowest BCUT2D eigenvalue weighted by molar-refractivity contribution is -0.130. The average molecular weight is 376 g/mol. The number of halogens is 2. The van der Waals surface area contributed by atoms with Crippen molar-refractivity contribution in [2.75, 3.05) is 45.2 Å². The van der Waals surface area contributed by atoms with E-state index in [0.717, 1.165) is 38.5 Å². The van der Waals surface area contributed by atoms with Gasteiger partial charge in [-0.3, -0.25) is 4.79 Å². The van der Waals surface area contributed by atoms with Crippen LogP contribution >= 0.6 is 24.8 Å². The molecule has 1 N–H and O–H groups in total. The van der Waals surface area contributed by atoms with Crippen molar-refractivity contribution in [1.82, 2.24) is 10.2 Å². The van der Waals surface area contributed by atoms with Gasteiger partial charge in [-0.15, -0.1) is 24.8 Å². The first-order valence-corrected chi connectivity index (χ1v) is 8.37. The summed E-state index contributed by atoms with van der Waals surface area (Å²) in [6.07, 6.45) is 4.16. The Balaban J connectivity index is 0.00000264. The van der Waals surface area contributed by atoms with Gasteiger partial charge in [0, 0.05) is 39.3 Å². The van der Waals surface area contributed by atoms with Crippen LogP contribution in [0.2, 0.25) is 0 Å². The van der Waals surface area contributed by atoms with Crippen LogP contribution in [0.25, 0.3) is 0 Å². The zero-order chi connectivity index (χ0) is 15.8. The number of benzene rings is 1. The van der Waals surface area contributed by atoms with E-state index >= 15 is 0 Å². The molecule has 4 nitrogen and oxygen atoms in total. The van der Waals surface area contributed by atoms with Crippen molar-refractivity contribution in [2.45, 2.75) is 25.7 Å². The molecular weight excluding hydrogens is 345 g/mol. The highest BCUT2D eigenvalue weighted by Crippen LogP contribution is 2.18. The zero-order valence-electron chi connectivity index (χ0n) is 14.7. The number of amides is 1. The first-order valence-electron chi connectivity index (χ1n) is 8.37. The van der Waals surface area contributed by atoms with Crippen LogP contribution in [0.15, 0.2) is 30.3 Å². The van der Waals surface area contributed by atoms with Gasteiger partial charge in [0.05, 0.1) is 0 Å². The van der Waals surface area contributed by atoms with Gasteiger partial charge >= 0.3 is 0 Å². The van der Waals surface area contributed by atoms with Crippen LogP contribution in [-0.4, -0.2) is 51.1 Å². The highest BCUT2D eigenvalue weighted by atomic mass is 35.5. The molecule has 24 heavy (non-hydrogen) atoms. The van der Waals surface area contributed by atoms with Crippen LogP contribution in [0.1, 0.15) is 25.7 Å². The Hall–Kier alpha value is -0.970. The number of carbonyl (C=O) groups excluding carboxylic acids is 1. The summed E-state index contributed by atoms with van der Waals surface area (Å²) in [4.78, 5) is 16.3. The minimum absolute atomic E-state index is 0. The summed E-state index contributed by atoms with van der Waals surface area (Å²) in [5, 5.41) is 3.37. The molecule has 1 aliphatic rings. The van der Waals surface area contributed by atoms with Gasteiger partial charge in [-0.25, -0.2) is 0 Å². The molecule has 1 saturated heterocycles. The second-order valence-electron chi connectivity index (χ2n) is 6.30. The molecule has 2 rings (SSSR count). The maximum absolute atomic E-state index is 12.2. The number of hydrogen-bond acceptors (Lipinski definition) is 3. The van der Waals surface area contributed by atoms with Gasteiger partial charge in [0.2, 0.25) is 5.91 Å². The predicted molar refractivity (Wildman–Crippen MR) is 107 cm³/mol. The van der Waals surface area contributed by atoms with Crippen molar-refractivity contribution < 1.29 is 4.79 Å². The number of anilines is 1. The third-order valence-electron chi connectivity index (χ3n) is 4.62. The quantitative estimate of drug-likeness (QED) is 0.794. The molecule has 0 spiro atoms. The lowest BCUT2D eigenvalue weighted by atomic mass is 9.93. The average Bonchev–Trinajstić information content (AvgIpc) is 2.58. The fourth-order valence-corrected chi connectivity index (χ4v) is 2.93. The molecule has 0 atom stereocenters. The summed E-state index contributed by atoms with van der Waals surface area (Å²) in [6, 6.07) is 10.3. The normalized spacial score (nSPS) is 14.2. The molecule has 0 radical (unpaired) electrons. The molecule has 1 aliphatic heterocycles. The van der Waals surface area contributed by atoms with Crippen molar-refractivity contribution in [1.29, 1.82) is 0 Å².